The zero-order valence-corrected chi connectivity index (χ0v) is 12.7. The molecule has 2 heterocycles. The second kappa shape index (κ2) is 5.59. The monoisotopic (exact) mass is 337 g/mol. The lowest BCUT2D eigenvalue weighted by Crippen LogP contribution is -2.12. The summed E-state index contributed by atoms with van der Waals surface area (Å²) in [5, 5.41) is 10.4. The van der Waals surface area contributed by atoms with Gasteiger partial charge in [-0.1, -0.05) is 29.8 Å². The fourth-order valence-corrected chi connectivity index (χ4v) is 2.67. The maximum atomic E-state index is 13.6. The first kappa shape index (κ1) is 14.8. The van der Waals surface area contributed by atoms with Crippen molar-refractivity contribution in [2.24, 2.45) is 0 Å². The molecule has 0 radical (unpaired) electrons. The number of nitrogens with zero attached hydrogens (tertiary/aromatic N) is 1. The molecule has 2 N–H and O–H groups in total. The van der Waals surface area contributed by atoms with E-state index in [1.807, 2.05) is 0 Å². The molecule has 1 aliphatic rings. The van der Waals surface area contributed by atoms with Crippen LogP contribution in [0.3, 0.4) is 0 Å². The minimum absolute atomic E-state index is 0.0954. The zero-order chi connectivity index (χ0) is 15.9. The normalized spacial score (nSPS) is 15.7. The van der Waals surface area contributed by atoms with Crippen LogP contribution in [0.2, 0.25) is 10.0 Å². The van der Waals surface area contributed by atoms with Gasteiger partial charge in [0.15, 0.2) is 11.6 Å². The highest BCUT2D eigenvalue weighted by Gasteiger charge is 2.29. The molecule has 0 unspecified atom stereocenters. The van der Waals surface area contributed by atoms with Gasteiger partial charge in [-0.2, -0.15) is 0 Å². The fraction of sp³-hybridized carbons (Fsp3) is 0.0667. The smallest absolute Gasteiger partial charge is 0.200 e. The van der Waals surface area contributed by atoms with Crippen molar-refractivity contribution in [1.29, 1.82) is 5.41 Å². The summed E-state index contributed by atoms with van der Waals surface area (Å²) in [4.78, 5) is 4.21. The Balaban J connectivity index is 1.97. The number of pyridine rings is 1. The van der Waals surface area contributed by atoms with Crippen LogP contribution in [-0.2, 0) is 0 Å². The first-order valence-corrected chi connectivity index (χ1v) is 7.03. The number of hydrogen-bond acceptors (Lipinski definition) is 4. The third-order valence-electron chi connectivity index (χ3n) is 3.25. The molecule has 112 valence electrons. The van der Waals surface area contributed by atoms with Gasteiger partial charge in [-0.05, 0) is 23.8 Å². The lowest BCUT2D eigenvalue weighted by molar-refractivity contribution is 0.259. The van der Waals surface area contributed by atoms with Crippen molar-refractivity contribution in [3.8, 4) is 5.75 Å². The van der Waals surface area contributed by atoms with Gasteiger partial charge in [-0.3, -0.25) is 0 Å². The van der Waals surface area contributed by atoms with Crippen molar-refractivity contribution < 1.29 is 9.13 Å². The van der Waals surface area contributed by atoms with Crippen molar-refractivity contribution in [2.75, 3.05) is 5.32 Å². The van der Waals surface area contributed by atoms with E-state index in [0.717, 1.165) is 6.21 Å². The summed E-state index contributed by atoms with van der Waals surface area (Å²) in [6, 6.07) is 4.31. The summed E-state index contributed by atoms with van der Waals surface area (Å²) in [5.41, 5.74) is 1.48. The van der Waals surface area contributed by atoms with Crippen molar-refractivity contribution in [3.63, 3.8) is 0 Å². The number of ether oxygens (including phenoxy) is 1. The van der Waals surface area contributed by atoms with E-state index < -0.39 is 12.0 Å². The van der Waals surface area contributed by atoms with Gasteiger partial charge in [-0.15, -0.1) is 0 Å². The van der Waals surface area contributed by atoms with Crippen LogP contribution >= 0.6 is 23.2 Å². The summed E-state index contributed by atoms with van der Waals surface area (Å²) in [5.74, 6) is 0.373. The number of halogens is 3. The molecular weight excluding hydrogens is 328 g/mol. The fourth-order valence-electron chi connectivity index (χ4n) is 2.10. The van der Waals surface area contributed by atoms with Gasteiger partial charge >= 0.3 is 0 Å². The maximum Gasteiger partial charge on any atom is 0.200 e. The highest BCUT2D eigenvalue weighted by atomic mass is 35.5. The summed E-state index contributed by atoms with van der Waals surface area (Å²) >= 11 is 12.1. The van der Waals surface area contributed by atoms with Crippen LogP contribution in [0.25, 0.3) is 5.57 Å². The SMILES string of the molecule is C=C(C=N)c1cnc2c(c1)O[C@@H](c1c(Cl)ccc(F)c1Cl)N2. The molecule has 2 aromatic rings. The van der Waals surface area contributed by atoms with Crippen LogP contribution in [0.5, 0.6) is 5.75 Å². The molecule has 0 amide bonds. The molecule has 0 saturated carbocycles. The summed E-state index contributed by atoms with van der Waals surface area (Å²) in [6.45, 7) is 3.74. The lowest BCUT2D eigenvalue weighted by atomic mass is 10.1. The second-order valence-electron chi connectivity index (χ2n) is 4.64. The Morgan fingerprint density at radius 1 is 1.45 bits per heavy atom. The molecule has 1 aliphatic heterocycles. The molecule has 0 aliphatic carbocycles. The Labute approximate surface area is 136 Å². The lowest BCUT2D eigenvalue weighted by Gasteiger charge is -2.15. The molecule has 1 atom stereocenters. The summed E-state index contributed by atoms with van der Waals surface area (Å²) < 4.78 is 19.4. The number of allylic oxidation sites excluding steroid dienone is 1. The Morgan fingerprint density at radius 3 is 2.95 bits per heavy atom. The molecule has 7 heteroatoms. The van der Waals surface area contributed by atoms with Gasteiger partial charge in [0.1, 0.15) is 5.82 Å². The second-order valence-corrected chi connectivity index (χ2v) is 5.42. The number of aromatic nitrogens is 1. The van der Waals surface area contributed by atoms with Gasteiger partial charge in [0.2, 0.25) is 6.23 Å². The van der Waals surface area contributed by atoms with Crippen molar-refractivity contribution in [2.45, 2.75) is 6.23 Å². The van der Waals surface area contributed by atoms with Gasteiger partial charge in [0.25, 0.3) is 0 Å². The van der Waals surface area contributed by atoms with Gasteiger partial charge in [0.05, 0.1) is 15.6 Å². The minimum atomic E-state index is -0.735. The zero-order valence-electron chi connectivity index (χ0n) is 11.2. The van der Waals surface area contributed by atoms with Crippen LogP contribution in [0.15, 0.2) is 31.0 Å². The predicted octanol–water partition coefficient (Wildman–Crippen LogP) is 4.69. The molecule has 1 aromatic heterocycles. The molecule has 0 bridgehead atoms. The van der Waals surface area contributed by atoms with E-state index in [9.17, 15) is 4.39 Å². The van der Waals surface area contributed by atoms with Gasteiger partial charge < -0.3 is 15.5 Å². The van der Waals surface area contributed by atoms with E-state index in [2.05, 4.69) is 16.9 Å². The van der Waals surface area contributed by atoms with Crippen LogP contribution in [0.1, 0.15) is 17.4 Å². The summed E-state index contributed by atoms with van der Waals surface area (Å²) in [6.07, 6.45) is 1.96. The first-order chi connectivity index (χ1) is 10.5. The van der Waals surface area contributed by atoms with Crippen molar-refractivity contribution in [1.82, 2.24) is 4.98 Å². The standard InChI is InChI=1S/C15H10Cl2FN3O/c1-7(5-19)8-4-11-14(20-6-8)21-15(22-11)12-9(16)2-3-10(18)13(12)17/h2-6,15,19H,1H2,(H,20,21)/t15-/m0/s1. The average molecular weight is 338 g/mol. The molecular formula is C15H10Cl2FN3O. The topological polar surface area (TPSA) is 58.0 Å². The number of hydrogen-bond donors (Lipinski definition) is 2. The van der Waals surface area contributed by atoms with E-state index in [-0.39, 0.29) is 5.02 Å². The Kier molecular flexibility index (Phi) is 3.76. The molecule has 4 nitrogen and oxygen atoms in total. The number of nitrogens with one attached hydrogen (secondary N) is 2. The van der Waals surface area contributed by atoms with E-state index in [0.29, 0.717) is 33.3 Å². The molecule has 0 fully saturated rings. The summed E-state index contributed by atoms with van der Waals surface area (Å²) in [7, 11) is 0. The predicted molar refractivity (Wildman–Crippen MR) is 85.5 cm³/mol. The third kappa shape index (κ3) is 2.42. The van der Waals surface area contributed by atoms with Crippen LogP contribution in [0.4, 0.5) is 10.2 Å². The Morgan fingerprint density at radius 2 is 2.23 bits per heavy atom. The van der Waals surface area contributed by atoms with Crippen LogP contribution in [-0.4, -0.2) is 11.2 Å². The maximum absolute atomic E-state index is 13.6. The molecule has 1 aromatic carbocycles. The average Bonchev–Trinajstić information content (AvgIpc) is 2.93. The number of benzene rings is 1. The van der Waals surface area contributed by atoms with Crippen LogP contribution < -0.4 is 10.1 Å². The minimum Gasteiger partial charge on any atom is -0.462 e. The number of fused-ring (bicyclic) bond motifs is 1. The van der Waals surface area contributed by atoms with Gasteiger partial charge in [0, 0.05) is 18.0 Å². The van der Waals surface area contributed by atoms with E-state index >= 15 is 0 Å². The highest BCUT2D eigenvalue weighted by molar-refractivity contribution is 6.36. The Bertz CT molecular complexity index is 795. The molecule has 0 saturated heterocycles. The van der Waals surface area contributed by atoms with Gasteiger partial charge in [-0.25, -0.2) is 9.37 Å². The largest absolute Gasteiger partial charge is 0.462 e. The highest BCUT2D eigenvalue weighted by Crippen LogP contribution is 2.42. The molecule has 0 spiro atoms. The van der Waals surface area contributed by atoms with E-state index in [4.69, 9.17) is 33.3 Å². The quantitative estimate of drug-likeness (QED) is 0.630. The first-order valence-electron chi connectivity index (χ1n) is 6.27. The third-order valence-corrected chi connectivity index (χ3v) is 3.97. The Hall–Kier alpha value is -2.11. The van der Waals surface area contributed by atoms with E-state index in [1.165, 1.54) is 12.1 Å². The number of rotatable bonds is 3. The molecule has 3 rings (SSSR count). The van der Waals surface area contributed by atoms with Crippen molar-refractivity contribution in [3.05, 3.63) is 58.0 Å². The van der Waals surface area contributed by atoms with Crippen LogP contribution in [0, 0.1) is 11.2 Å². The number of anilines is 1. The molecule has 22 heavy (non-hydrogen) atoms. The van der Waals surface area contributed by atoms with E-state index in [1.54, 1.807) is 12.3 Å². The van der Waals surface area contributed by atoms with Crippen molar-refractivity contribution >= 4 is 40.8 Å².